The molecule has 0 spiro atoms. The summed E-state index contributed by atoms with van der Waals surface area (Å²) in [7, 11) is 0. The maximum absolute atomic E-state index is 8.96. The van der Waals surface area contributed by atoms with E-state index < -0.39 is 0 Å². The summed E-state index contributed by atoms with van der Waals surface area (Å²) in [5.41, 5.74) is 4.61. The van der Waals surface area contributed by atoms with Crippen molar-refractivity contribution in [1.29, 1.82) is 5.26 Å². The van der Waals surface area contributed by atoms with Crippen LogP contribution in [0.2, 0.25) is 0 Å². The minimum Gasteiger partial charge on any atom is -0.192 e. The van der Waals surface area contributed by atoms with E-state index in [2.05, 4.69) is 37.3 Å². The fourth-order valence-electron chi connectivity index (χ4n) is 6.28. The van der Waals surface area contributed by atoms with Gasteiger partial charge in [0.05, 0.1) is 11.6 Å². The molecular weight excluding hydrogens is 374 g/mol. The van der Waals surface area contributed by atoms with E-state index in [1.807, 2.05) is 24.3 Å². The molecule has 0 saturated heterocycles. The second kappa shape index (κ2) is 11.0. The zero-order chi connectivity index (χ0) is 21.5. The summed E-state index contributed by atoms with van der Waals surface area (Å²) in [4.78, 5) is 0. The summed E-state index contributed by atoms with van der Waals surface area (Å²) in [6.07, 6.45) is 17.4. The average Bonchev–Trinajstić information content (AvgIpc) is 2.84. The van der Waals surface area contributed by atoms with Crippen LogP contribution < -0.4 is 0 Å². The number of nitriles is 1. The molecule has 2 fully saturated rings. The molecule has 0 aromatic heterocycles. The van der Waals surface area contributed by atoms with Gasteiger partial charge in [-0.15, -0.1) is 0 Å². The first-order valence-corrected chi connectivity index (χ1v) is 12.8. The minimum atomic E-state index is 0.722. The van der Waals surface area contributed by atoms with E-state index in [4.69, 9.17) is 5.26 Å². The smallest absolute Gasteiger partial charge is 0.0991 e. The first-order valence-electron chi connectivity index (χ1n) is 12.8. The van der Waals surface area contributed by atoms with Gasteiger partial charge in [0, 0.05) is 0 Å². The van der Waals surface area contributed by atoms with Crippen LogP contribution in [-0.4, -0.2) is 0 Å². The maximum atomic E-state index is 8.96. The van der Waals surface area contributed by atoms with E-state index in [1.54, 1.807) is 0 Å². The lowest BCUT2D eigenvalue weighted by Crippen LogP contribution is -2.26. The number of aryl methyl sites for hydroxylation is 1. The van der Waals surface area contributed by atoms with Gasteiger partial charge >= 0.3 is 0 Å². The van der Waals surface area contributed by atoms with Gasteiger partial charge in [0.1, 0.15) is 0 Å². The number of hydrogen-bond donors (Lipinski definition) is 0. The molecule has 0 radical (unpaired) electrons. The first-order chi connectivity index (χ1) is 15.2. The van der Waals surface area contributed by atoms with Gasteiger partial charge < -0.3 is 0 Å². The van der Waals surface area contributed by atoms with Crippen LogP contribution in [0.3, 0.4) is 0 Å². The van der Waals surface area contributed by atoms with Gasteiger partial charge in [0.15, 0.2) is 0 Å². The molecule has 0 bridgehead atoms. The van der Waals surface area contributed by atoms with Gasteiger partial charge in [0.25, 0.3) is 0 Å². The average molecular weight is 414 g/mol. The van der Waals surface area contributed by atoms with Crippen LogP contribution in [0.4, 0.5) is 0 Å². The Morgan fingerprint density at radius 3 is 1.65 bits per heavy atom. The molecule has 0 N–H and O–H groups in total. The lowest BCUT2D eigenvalue weighted by molar-refractivity contribution is 0.141. The Kier molecular flexibility index (Phi) is 7.85. The molecule has 0 heterocycles. The molecule has 1 nitrogen and oxygen atoms in total. The lowest BCUT2D eigenvalue weighted by Gasteiger charge is -2.38. The Balaban J connectivity index is 1.20. The van der Waals surface area contributed by atoms with Crippen molar-refractivity contribution in [2.75, 3.05) is 0 Å². The van der Waals surface area contributed by atoms with Crippen LogP contribution in [0.15, 0.2) is 48.5 Å². The third-order valence-electron chi connectivity index (χ3n) is 8.29. The lowest BCUT2D eigenvalue weighted by atomic mass is 9.68. The fraction of sp³-hybridized carbons (Fsp3) is 0.567. The van der Waals surface area contributed by atoms with Crippen LogP contribution in [-0.2, 0) is 6.42 Å². The van der Waals surface area contributed by atoms with E-state index in [9.17, 15) is 0 Å². The topological polar surface area (TPSA) is 23.8 Å². The van der Waals surface area contributed by atoms with Crippen LogP contribution in [0.1, 0.15) is 88.7 Å². The summed E-state index contributed by atoms with van der Waals surface area (Å²) in [5.74, 6) is 4.06. The highest BCUT2D eigenvalue weighted by molar-refractivity contribution is 5.64. The van der Waals surface area contributed by atoms with Crippen molar-refractivity contribution in [3.8, 4) is 17.2 Å². The number of nitrogens with zero attached hydrogens (tertiary/aromatic N) is 1. The van der Waals surface area contributed by atoms with Crippen molar-refractivity contribution in [3.63, 3.8) is 0 Å². The van der Waals surface area contributed by atoms with Crippen molar-refractivity contribution < 1.29 is 0 Å². The zero-order valence-electron chi connectivity index (χ0n) is 19.4. The molecule has 164 valence electrons. The molecule has 2 aromatic rings. The van der Waals surface area contributed by atoms with Crippen LogP contribution in [0.25, 0.3) is 11.1 Å². The Bertz CT molecular complexity index is 825. The number of rotatable bonds is 7. The molecule has 1 heteroatoms. The quantitative estimate of drug-likeness (QED) is 0.446. The van der Waals surface area contributed by atoms with Crippen LogP contribution in [0, 0.1) is 35.0 Å². The van der Waals surface area contributed by atoms with Gasteiger partial charge in [0.2, 0.25) is 0 Å². The third kappa shape index (κ3) is 6.00. The van der Waals surface area contributed by atoms with E-state index >= 15 is 0 Å². The van der Waals surface area contributed by atoms with E-state index in [0.29, 0.717) is 0 Å². The largest absolute Gasteiger partial charge is 0.192 e. The van der Waals surface area contributed by atoms with Crippen LogP contribution >= 0.6 is 0 Å². The predicted octanol–water partition coefficient (Wildman–Crippen LogP) is 8.57. The van der Waals surface area contributed by atoms with Crippen molar-refractivity contribution in [2.45, 2.75) is 84.0 Å². The molecule has 0 atom stereocenters. The molecule has 2 saturated carbocycles. The number of hydrogen-bond acceptors (Lipinski definition) is 1. The monoisotopic (exact) mass is 413 g/mol. The molecule has 2 aliphatic carbocycles. The summed E-state index contributed by atoms with van der Waals surface area (Å²) >= 11 is 0. The van der Waals surface area contributed by atoms with Gasteiger partial charge in [-0.3, -0.25) is 0 Å². The van der Waals surface area contributed by atoms with Crippen LogP contribution in [0.5, 0.6) is 0 Å². The van der Waals surface area contributed by atoms with Crippen molar-refractivity contribution >= 4 is 0 Å². The molecule has 2 aliphatic rings. The van der Waals surface area contributed by atoms with Gasteiger partial charge in [-0.2, -0.15) is 5.26 Å². The Morgan fingerprint density at radius 1 is 0.677 bits per heavy atom. The summed E-state index contributed by atoms with van der Waals surface area (Å²) in [5, 5.41) is 8.96. The second-order valence-corrected chi connectivity index (χ2v) is 10.3. The second-order valence-electron chi connectivity index (χ2n) is 10.3. The summed E-state index contributed by atoms with van der Waals surface area (Å²) < 4.78 is 0. The van der Waals surface area contributed by atoms with E-state index in [0.717, 1.165) is 29.2 Å². The Hall–Kier alpha value is -2.07. The highest BCUT2D eigenvalue weighted by Gasteiger charge is 2.30. The molecule has 0 unspecified atom stereocenters. The Labute approximate surface area is 189 Å². The zero-order valence-corrected chi connectivity index (χ0v) is 19.4. The molecule has 0 aliphatic heterocycles. The standard InChI is InChI=1S/C30H39N/c1-2-3-23-6-14-27(15-7-23)28-16-8-24(9-17-28)4-5-25-10-18-29(19-11-25)30-20-12-26(22-31)13-21-30/h10-13,18-21,23-24,27-28H,2-9,14-17H2,1H3. The van der Waals surface area contributed by atoms with Gasteiger partial charge in [-0.25, -0.2) is 0 Å². The minimum absolute atomic E-state index is 0.722. The highest BCUT2D eigenvalue weighted by atomic mass is 14.4. The SMILES string of the molecule is CCCC1CCC(C2CCC(CCc3ccc(-c4ccc(C#N)cc4)cc3)CC2)CC1. The molecule has 0 amide bonds. The highest BCUT2D eigenvalue weighted by Crippen LogP contribution is 2.43. The molecule has 31 heavy (non-hydrogen) atoms. The number of benzene rings is 2. The molecule has 4 rings (SSSR count). The van der Waals surface area contributed by atoms with E-state index in [-0.39, 0.29) is 0 Å². The van der Waals surface area contributed by atoms with Crippen molar-refractivity contribution in [2.24, 2.45) is 23.7 Å². The van der Waals surface area contributed by atoms with Gasteiger partial charge in [-0.1, -0.05) is 81.8 Å². The first kappa shape index (κ1) is 22.1. The summed E-state index contributed by atoms with van der Waals surface area (Å²) in [6.45, 7) is 2.34. The maximum Gasteiger partial charge on any atom is 0.0991 e. The van der Waals surface area contributed by atoms with Gasteiger partial charge in [-0.05, 0) is 91.0 Å². The Morgan fingerprint density at radius 2 is 1.16 bits per heavy atom. The fourth-order valence-corrected chi connectivity index (χ4v) is 6.28. The predicted molar refractivity (Wildman–Crippen MR) is 131 cm³/mol. The normalized spacial score (nSPS) is 26.3. The third-order valence-corrected chi connectivity index (χ3v) is 8.29. The molecule has 2 aromatic carbocycles. The summed E-state index contributed by atoms with van der Waals surface area (Å²) in [6, 6.07) is 19.2. The van der Waals surface area contributed by atoms with Crippen molar-refractivity contribution in [3.05, 3.63) is 59.7 Å². The van der Waals surface area contributed by atoms with E-state index in [1.165, 1.54) is 93.7 Å². The van der Waals surface area contributed by atoms with Crippen molar-refractivity contribution in [1.82, 2.24) is 0 Å². The molecular formula is C30H39N.